The number of nitrogens with zero attached hydrogens (tertiary/aromatic N) is 1. The van der Waals surface area contributed by atoms with Crippen molar-refractivity contribution in [1.82, 2.24) is 4.90 Å². The van der Waals surface area contributed by atoms with Crippen LogP contribution in [0, 0.1) is 5.92 Å². The Morgan fingerprint density at radius 3 is 2.58 bits per heavy atom. The Morgan fingerprint density at radius 2 is 2.05 bits per heavy atom. The number of ether oxygens (including phenoxy) is 1. The summed E-state index contributed by atoms with van der Waals surface area (Å²) >= 11 is 0. The molecule has 0 heterocycles. The first kappa shape index (κ1) is 13.9. The van der Waals surface area contributed by atoms with E-state index in [9.17, 15) is 4.79 Å². The third-order valence-corrected chi connectivity index (χ3v) is 3.21. The smallest absolute Gasteiger partial charge is 0.317 e. The van der Waals surface area contributed by atoms with Gasteiger partial charge in [0.15, 0.2) is 0 Å². The Labute approximate surface area is 114 Å². The van der Waals surface area contributed by atoms with Crippen molar-refractivity contribution in [2.24, 2.45) is 5.92 Å². The summed E-state index contributed by atoms with van der Waals surface area (Å²) in [5.74, 6) is 0.798. The minimum atomic E-state index is -0.758. The highest BCUT2D eigenvalue weighted by Gasteiger charge is 2.25. The average molecular weight is 263 g/mol. The molecule has 1 aliphatic rings. The largest absolute Gasteiger partial charge is 0.494 e. The van der Waals surface area contributed by atoms with E-state index in [-0.39, 0.29) is 6.54 Å². The lowest BCUT2D eigenvalue weighted by Crippen LogP contribution is -2.31. The number of carboxylic acids is 1. The molecule has 0 aromatic heterocycles. The standard InChI is InChI=1S/C15H21NO3/c1-2-19-14-7-5-13(6-8-14)10-16(11-15(17)18)9-12-3-4-12/h5-8,12H,2-4,9-11H2,1H3,(H,17,18). The van der Waals surface area contributed by atoms with Crippen molar-refractivity contribution in [2.75, 3.05) is 19.7 Å². The van der Waals surface area contributed by atoms with Gasteiger partial charge in [-0.05, 0) is 43.4 Å². The van der Waals surface area contributed by atoms with Gasteiger partial charge in [0.25, 0.3) is 0 Å². The molecule has 104 valence electrons. The zero-order valence-corrected chi connectivity index (χ0v) is 11.3. The quantitative estimate of drug-likeness (QED) is 0.782. The molecule has 0 saturated heterocycles. The van der Waals surface area contributed by atoms with Crippen molar-refractivity contribution in [1.29, 1.82) is 0 Å². The first-order valence-corrected chi connectivity index (χ1v) is 6.83. The number of hydrogen-bond acceptors (Lipinski definition) is 3. The molecule has 0 spiro atoms. The molecule has 4 heteroatoms. The zero-order valence-electron chi connectivity index (χ0n) is 11.3. The molecule has 19 heavy (non-hydrogen) atoms. The maximum atomic E-state index is 10.9. The van der Waals surface area contributed by atoms with Crippen LogP contribution >= 0.6 is 0 Å². The molecule has 4 nitrogen and oxygen atoms in total. The Hall–Kier alpha value is -1.55. The van der Waals surface area contributed by atoms with Gasteiger partial charge in [-0.3, -0.25) is 9.69 Å². The predicted molar refractivity (Wildman–Crippen MR) is 73.2 cm³/mol. The summed E-state index contributed by atoms with van der Waals surface area (Å²) in [7, 11) is 0. The van der Waals surface area contributed by atoms with Gasteiger partial charge in [0.1, 0.15) is 5.75 Å². The van der Waals surface area contributed by atoms with E-state index in [1.54, 1.807) is 0 Å². The van der Waals surface area contributed by atoms with E-state index in [0.29, 0.717) is 19.1 Å². The SMILES string of the molecule is CCOc1ccc(CN(CC(=O)O)CC2CC2)cc1. The van der Waals surface area contributed by atoms with E-state index in [1.165, 1.54) is 12.8 Å². The molecule has 0 aliphatic heterocycles. The van der Waals surface area contributed by atoms with Crippen LogP contribution < -0.4 is 4.74 Å². The van der Waals surface area contributed by atoms with Gasteiger partial charge in [0.2, 0.25) is 0 Å². The fourth-order valence-electron chi connectivity index (χ4n) is 2.16. The first-order valence-electron chi connectivity index (χ1n) is 6.83. The van der Waals surface area contributed by atoms with Gasteiger partial charge in [0.05, 0.1) is 13.2 Å². The molecule has 1 aliphatic carbocycles. The number of benzene rings is 1. The van der Waals surface area contributed by atoms with E-state index < -0.39 is 5.97 Å². The van der Waals surface area contributed by atoms with Crippen molar-refractivity contribution < 1.29 is 14.6 Å². The van der Waals surface area contributed by atoms with E-state index in [4.69, 9.17) is 9.84 Å². The molecule has 0 atom stereocenters. The lowest BCUT2D eigenvalue weighted by Gasteiger charge is -2.20. The lowest BCUT2D eigenvalue weighted by molar-refractivity contribution is -0.138. The first-order chi connectivity index (χ1) is 9.17. The summed E-state index contributed by atoms with van der Waals surface area (Å²) in [4.78, 5) is 12.9. The van der Waals surface area contributed by atoms with Crippen LogP contribution in [-0.2, 0) is 11.3 Å². The summed E-state index contributed by atoms with van der Waals surface area (Å²) in [5, 5.41) is 8.95. The van der Waals surface area contributed by atoms with Gasteiger partial charge in [-0.25, -0.2) is 0 Å². The second kappa shape index (κ2) is 6.57. The maximum Gasteiger partial charge on any atom is 0.317 e. The van der Waals surface area contributed by atoms with Gasteiger partial charge in [-0.2, -0.15) is 0 Å². The summed E-state index contributed by atoms with van der Waals surface area (Å²) in [6, 6.07) is 7.89. The number of carbonyl (C=O) groups is 1. The third kappa shape index (κ3) is 4.91. The highest BCUT2D eigenvalue weighted by molar-refractivity contribution is 5.69. The van der Waals surface area contributed by atoms with Crippen molar-refractivity contribution in [3.05, 3.63) is 29.8 Å². The molecule has 0 amide bonds. The summed E-state index contributed by atoms with van der Waals surface area (Å²) < 4.78 is 5.40. The molecule has 1 aromatic rings. The van der Waals surface area contributed by atoms with Gasteiger partial charge in [-0.15, -0.1) is 0 Å². The monoisotopic (exact) mass is 263 g/mol. The van der Waals surface area contributed by atoms with Crippen LogP contribution in [0.3, 0.4) is 0 Å². The zero-order chi connectivity index (χ0) is 13.7. The molecule has 1 aromatic carbocycles. The van der Waals surface area contributed by atoms with Crippen molar-refractivity contribution in [3.8, 4) is 5.75 Å². The van der Waals surface area contributed by atoms with Crippen molar-refractivity contribution in [3.63, 3.8) is 0 Å². The number of aliphatic carboxylic acids is 1. The molecule has 2 rings (SSSR count). The molecule has 0 radical (unpaired) electrons. The fourth-order valence-corrected chi connectivity index (χ4v) is 2.16. The number of carboxylic acid groups (broad SMARTS) is 1. The fraction of sp³-hybridized carbons (Fsp3) is 0.533. The maximum absolute atomic E-state index is 10.9. The Morgan fingerprint density at radius 1 is 1.37 bits per heavy atom. The number of hydrogen-bond donors (Lipinski definition) is 1. The van der Waals surface area contributed by atoms with Crippen molar-refractivity contribution >= 4 is 5.97 Å². The molecule has 0 unspecified atom stereocenters. The van der Waals surface area contributed by atoms with E-state index >= 15 is 0 Å². The minimum Gasteiger partial charge on any atom is -0.494 e. The molecule has 1 N–H and O–H groups in total. The Balaban J connectivity index is 1.92. The summed E-state index contributed by atoms with van der Waals surface area (Å²) in [6.07, 6.45) is 2.47. The van der Waals surface area contributed by atoms with Gasteiger partial charge in [0, 0.05) is 13.1 Å². The average Bonchev–Trinajstić information content (AvgIpc) is 3.15. The van der Waals surface area contributed by atoms with Crippen LogP contribution in [0.5, 0.6) is 5.75 Å². The summed E-state index contributed by atoms with van der Waals surface area (Å²) in [6.45, 7) is 4.31. The van der Waals surface area contributed by atoms with Gasteiger partial charge >= 0.3 is 5.97 Å². The second-order valence-corrected chi connectivity index (χ2v) is 5.08. The van der Waals surface area contributed by atoms with Crippen LogP contribution in [-0.4, -0.2) is 35.7 Å². The minimum absolute atomic E-state index is 0.115. The number of rotatable bonds is 8. The van der Waals surface area contributed by atoms with Crippen LogP contribution in [0.1, 0.15) is 25.3 Å². The van der Waals surface area contributed by atoms with E-state index in [0.717, 1.165) is 17.9 Å². The molecule has 1 fully saturated rings. The third-order valence-electron chi connectivity index (χ3n) is 3.21. The molecule has 1 saturated carbocycles. The Kier molecular flexibility index (Phi) is 4.80. The predicted octanol–water partition coefficient (Wildman–Crippen LogP) is 2.38. The van der Waals surface area contributed by atoms with Crippen LogP contribution in [0.4, 0.5) is 0 Å². The van der Waals surface area contributed by atoms with Gasteiger partial charge in [-0.1, -0.05) is 12.1 Å². The van der Waals surface area contributed by atoms with E-state index in [1.807, 2.05) is 36.1 Å². The second-order valence-electron chi connectivity index (χ2n) is 5.08. The van der Waals surface area contributed by atoms with Gasteiger partial charge < -0.3 is 9.84 Å². The van der Waals surface area contributed by atoms with Crippen LogP contribution in [0.25, 0.3) is 0 Å². The highest BCUT2D eigenvalue weighted by atomic mass is 16.5. The van der Waals surface area contributed by atoms with Crippen molar-refractivity contribution in [2.45, 2.75) is 26.3 Å². The summed E-state index contributed by atoms with van der Waals surface area (Å²) in [5.41, 5.74) is 1.13. The molecule has 0 bridgehead atoms. The van der Waals surface area contributed by atoms with Crippen LogP contribution in [0.2, 0.25) is 0 Å². The normalized spacial score (nSPS) is 14.6. The molecular formula is C15H21NO3. The topological polar surface area (TPSA) is 49.8 Å². The highest BCUT2D eigenvalue weighted by Crippen LogP contribution is 2.30. The lowest BCUT2D eigenvalue weighted by atomic mass is 10.2. The van der Waals surface area contributed by atoms with Crippen LogP contribution in [0.15, 0.2) is 24.3 Å². The van der Waals surface area contributed by atoms with E-state index in [2.05, 4.69) is 0 Å². The Bertz CT molecular complexity index is 412. The molecular weight excluding hydrogens is 242 g/mol.